The normalized spacial score (nSPS) is 26.5. The summed E-state index contributed by atoms with van der Waals surface area (Å²) in [5, 5.41) is 0. The van der Waals surface area contributed by atoms with Crippen LogP contribution in [0.5, 0.6) is 0 Å². The molecule has 1 unspecified atom stereocenters. The lowest BCUT2D eigenvalue weighted by atomic mass is 9.94. The maximum Gasteiger partial charge on any atom is 0.379 e. The van der Waals surface area contributed by atoms with Crippen LogP contribution in [0.2, 0.25) is 0 Å². The second kappa shape index (κ2) is 10.0. The average Bonchev–Trinajstić information content (AvgIpc) is 2.54. The lowest BCUT2D eigenvalue weighted by Gasteiger charge is -2.44. The second-order valence-electron chi connectivity index (χ2n) is 5.95. The standard InChI is InChI=1S/C17H24O11/c1-6-23-16(22)17(27-12(5)21)7-13(25-10(3)19)15(26-11(4)20)14(28-17)8-24-9(2)18/h13-15H,6-8H2,1-5H3/t13-,14-,15+,17?/m1/s1. The van der Waals surface area contributed by atoms with Crippen molar-refractivity contribution in [3.63, 3.8) is 0 Å². The van der Waals surface area contributed by atoms with Gasteiger partial charge in [0.05, 0.1) is 13.0 Å². The molecule has 0 N–H and O–H groups in total. The highest BCUT2D eigenvalue weighted by Crippen LogP contribution is 2.35. The Labute approximate surface area is 161 Å². The van der Waals surface area contributed by atoms with Crippen molar-refractivity contribution in [2.75, 3.05) is 13.2 Å². The van der Waals surface area contributed by atoms with Gasteiger partial charge in [0.1, 0.15) is 18.8 Å². The molecule has 1 saturated heterocycles. The van der Waals surface area contributed by atoms with Gasteiger partial charge in [0.25, 0.3) is 0 Å². The Morgan fingerprint density at radius 3 is 1.96 bits per heavy atom. The van der Waals surface area contributed by atoms with E-state index >= 15 is 0 Å². The summed E-state index contributed by atoms with van der Waals surface area (Å²) in [6.45, 7) is 5.43. The zero-order chi connectivity index (χ0) is 21.5. The predicted molar refractivity (Wildman–Crippen MR) is 88.4 cm³/mol. The summed E-state index contributed by atoms with van der Waals surface area (Å²) in [4.78, 5) is 58.4. The van der Waals surface area contributed by atoms with Gasteiger partial charge in [-0.2, -0.15) is 0 Å². The molecule has 1 aliphatic rings. The quantitative estimate of drug-likeness (QED) is 0.419. The summed E-state index contributed by atoms with van der Waals surface area (Å²) in [5.74, 6) is -6.33. The van der Waals surface area contributed by atoms with Crippen molar-refractivity contribution in [2.45, 2.75) is 65.1 Å². The number of ether oxygens (including phenoxy) is 6. The third-order valence-electron chi connectivity index (χ3n) is 3.51. The number of carbonyl (C=O) groups is 5. The Morgan fingerprint density at radius 1 is 0.893 bits per heavy atom. The lowest BCUT2D eigenvalue weighted by Crippen LogP contribution is -2.63. The van der Waals surface area contributed by atoms with Crippen molar-refractivity contribution in [3.05, 3.63) is 0 Å². The fourth-order valence-electron chi connectivity index (χ4n) is 2.69. The topological polar surface area (TPSA) is 141 Å². The van der Waals surface area contributed by atoms with E-state index in [-0.39, 0.29) is 6.61 Å². The summed E-state index contributed by atoms with van der Waals surface area (Å²) in [6.07, 6.45) is -4.23. The summed E-state index contributed by atoms with van der Waals surface area (Å²) in [7, 11) is 0. The molecule has 0 bridgehead atoms. The SMILES string of the molecule is CCOC(=O)C1(OC(C)=O)C[C@@H](OC(C)=O)[C@H](OC(C)=O)[C@@H](COC(C)=O)O1. The van der Waals surface area contributed by atoms with Crippen LogP contribution >= 0.6 is 0 Å². The number of rotatable bonds is 7. The van der Waals surface area contributed by atoms with Crippen LogP contribution < -0.4 is 0 Å². The smallest absolute Gasteiger partial charge is 0.379 e. The van der Waals surface area contributed by atoms with E-state index in [1.54, 1.807) is 0 Å². The minimum atomic E-state index is -2.27. The molecule has 28 heavy (non-hydrogen) atoms. The summed E-state index contributed by atoms with van der Waals surface area (Å²) < 4.78 is 30.9. The Hall–Kier alpha value is -2.69. The van der Waals surface area contributed by atoms with E-state index in [0.717, 1.165) is 27.7 Å². The molecule has 158 valence electrons. The first kappa shape index (κ1) is 23.3. The molecule has 0 amide bonds. The first-order valence-electron chi connectivity index (χ1n) is 8.53. The van der Waals surface area contributed by atoms with Crippen molar-refractivity contribution >= 4 is 29.8 Å². The van der Waals surface area contributed by atoms with Gasteiger partial charge in [0, 0.05) is 27.7 Å². The molecule has 0 aromatic carbocycles. The van der Waals surface area contributed by atoms with Crippen LogP contribution in [0.3, 0.4) is 0 Å². The van der Waals surface area contributed by atoms with Gasteiger partial charge in [-0.3, -0.25) is 19.2 Å². The minimum Gasteiger partial charge on any atom is -0.463 e. The molecule has 0 saturated carbocycles. The van der Waals surface area contributed by atoms with Gasteiger partial charge in [0.15, 0.2) is 6.10 Å². The van der Waals surface area contributed by atoms with Crippen molar-refractivity contribution in [1.82, 2.24) is 0 Å². The monoisotopic (exact) mass is 404 g/mol. The Bertz CT molecular complexity index is 629. The Balaban J connectivity index is 3.36. The fraction of sp³-hybridized carbons (Fsp3) is 0.706. The number of hydrogen-bond donors (Lipinski definition) is 0. The van der Waals surface area contributed by atoms with Crippen LogP contribution in [0.1, 0.15) is 41.0 Å². The molecule has 0 aromatic rings. The zero-order valence-electron chi connectivity index (χ0n) is 16.3. The van der Waals surface area contributed by atoms with Gasteiger partial charge in [0.2, 0.25) is 0 Å². The lowest BCUT2D eigenvalue weighted by molar-refractivity contribution is -0.308. The molecule has 0 spiro atoms. The van der Waals surface area contributed by atoms with Crippen LogP contribution in [0.25, 0.3) is 0 Å². The third kappa shape index (κ3) is 6.48. The van der Waals surface area contributed by atoms with Gasteiger partial charge in [-0.15, -0.1) is 0 Å². The molecule has 4 atom stereocenters. The predicted octanol–water partition coefficient (Wildman–Crippen LogP) is 0.0243. The highest BCUT2D eigenvalue weighted by atomic mass is 16.8. The molecule has 1 rings (SSSR count). The Kier molecular flexibility index (Phi) is 8.35. The maximum atomic E-state index is 12.5. The van der Waals surface area contributed by atoms with E-state index < -0.39 is 67.0 Å². The van der Waals surface area contributed by atoms with E-state index in [2.05, 4.69) is 0 Å². The number of hydrogen-bond acceptors (Lipinski definition) is 11. The molecule has 11 heteroatoms. The third-order valence-corrected chi connectivity index (χ3v) is 3.51. The molecule has 0 aliphatic carbocycles. The second-order valence-corrected chi connectivity index (χ2v) is 5.95. The molecule has 1 fully saturated rings. The van der Waals surface area contributed by atoms with Crippen molar-refractivity contribution in [1.29, 1.82) is 0 Å². The van der Waals surface area contributed by atoms with Crippen LogP contribution in [0.15, 0.2) is 0 Å². The van der Waals surface area contributed by atoms with E-state index in [9.17, 15) is 24.0 Å². The first-order valence-corrected chi connectivity index (χ1v) is 8.53. The fourth-order valence-corrected chi connectivity index (χ4v) is 2.69. The molecule has 1 aliphatic heterocycles. The van der Waals surface area contributed by atoms with Gasteiger partial charge < -0.3 is 28.4 Å². The highest BCUT2D eigenvalue weighted by Gasteiger charge is 2.58. The molecular weight excluding hydrogens is 380 g/mol. The largest absolute Gasteiger partial charge is 0.463 e. The van der Waals surface area contributed by atoms with Crippen molar-refractivity contribution < 1.29 is 52.4 Å². The highest BCUT2D eigenvalue weighted by molar-refractivity contribution is 5.82. The first-order chi connectivity index (χ1) is 13.0. The Morgan fingerprint density at radius 2 is 1.50 bits per heavy atom. The number of esters is 5. The summed E-state index contributed by atoms with van der Waals surface area (Å²) in [5.41, 5.74) is 0. The summed E-state index contributed by atoms with van der Waals surface area (Å²) in [6, 6.07) is 0. The zero-order valence-corrected chi connectivity index (χ0v) is 16.3. The molecule has 11 nitrogen and oxygen atoms in total. The van der Waals surface area contributed by atoms with Crippen molar-refractivity contribution in [3.8, 4) is 0 Å². The van der Waals surface area contributed by atoms with Gasteiger partial charge in [-0.05, 0) is 6.92 Å². The number of carbonyl (C=O) groups excluding carboxylic acids is 5. The van der Waals surface area contributed by atoms with Gasteiger partial charge in [-0.1, -0.05) is 0 Å². The minimum absolute atomic E-state index is 0.0502. The molecule has 0 aromatic heterocycles. The van der Waals surface area contributed by atoms with Gasteiger partial charge >= 0.3 is 35.6 Å². The van der Waals surface area contributed by atoms with E-state index in [1.165, 1.54) is 6.92 Å². The molecule has 1 heterocycles. The van der Waals surface area contributed by atoms with Crippen molar-refractivity contribution in [2.24, 2.45) is 0 Å². The van der Waals surface area contributed by atoms with Crippen LogP contribution in [-0.4, -0.2) is 67.2 Å². The van der Waals surface area contributed by atoms with Crippen LogP contribution in [-0.2, 0) is 52.4 Å². The van der Waals surface area contributed by atoms with Crippen LogP contribution in [0.4, 0.5) is 0 Å². The summed E-state index contributed by atoms with van der Waals surface area (Å²) >= 11 is 0. The van der Waals surface area contributed by atoms with Gasteiger partial charge in [-0.25, -0.2) is 4.79 Å². The van der Waals surface area contributed by atoms with E-state index in [0.29, 0.717) is 0 Å². The van der Waals surface area contributed by atoms with E-state index in [4.69, 9.17) is 28.4 Å². The van der Waals surface area contributed by atoms with Crippen LogP contribution in [0, 0.1) is 0 Å². The molecular formula is C17H24O11. The maximum absolute atomic E-state index is 12.5. The average molecular weight is 404 g/mol. The van der Waals surface area contributed by atoms with E-state index in [1.807, 2.05) is 0 Å². The molecule has 0 radical (unpaired) electrons.